The Bertz CT molecular complexity index is 209. The van der Waals surface area contributed by atoms with Crippen molar-refractivity contribution in [2.75, 3.05) is 0 Å². The van der Waals surface area contributed by atoms with E-state index in [4.69, 9.17) is 0 Å². The van der Waals surface area contributed by atoms with Crippen molar-refractivity contribution in [1.82, 2.24) is 0 Å². The van der Waals surface area contributed by atoms with E-state index in [0.717, 1.165) is 24.7 Å². The predicted octanol–water partition coefficient (Wildman–Crippen LogP) is 4.50. The fraction of sp³-hybridized carbons (Fsp3) is 0.933. The van der Waals surface area contributed by atoms with Crippen molar-refractivity contribution in [3.8, 4) is 0 Å². The van der Waals surface area contributed by atoms with E-state index in [0.29, 0.717) is 5.78 Å². The average molecular weight is 222 g/mol. The molecule has 0 aliphatic heterocycles. The topological polar surface area (TPSA) is 17.1 Å². The predicted molar refractivity (Wildman–Crippen MR) is 67.4 cm³/mol. The Morgan fingerprint density at radius 1 is 0.812 bits per heavy atom. The molecule has 16 heavy (non-hydrogen) atoms. The van der Waals surface area contributed by atoms with Gasteiger partial charge in [0.05, 0.1) is 0 Å². The summed E-state index contributed by atoms with van der Waals surface area (Å²) in [5.41, 5.74) is 0. The number of hydrogen-bond acceptors (Lipinski definition) is 1. The first-order chi connectivity index (χ1) is 7.84. The zero-order valence-corrected chi connectivity index (χ0v) is 10.5. The molecule has 0 N–H and O–H groups in total. The van der Waals surface area contributed by atoms with Crippen molar-refractivity contribution in [3.63, 3.8) is 0 Å². The van der Waals surface area contributed by atoms with Gasteiger partial charge in [-0.05, 0) is 18.3 Å². The van der Waals surface area contributed by atoms with Crippen molar-refractivity contribution in [2.45, 2.75) is 77.0 Å². The lowest BCUT2D eigenvalue weighted by Crippen LogP contribution is -2.12. The van der Waals surface area contributed by atoms with E-state index in [1.54, 1.807) is 0 Å². The van der Waals surface area contributed by atoms with Gasteiger partial charge in [0.1, 0.15) is 5.78 Å². The molecular formula is C15H26O. The van der Waals surface area contributed by atoms with Crippen LogP contribution in [0.15, 0.2) is 0 Å². The molecule has 0 spiro atoms. The van der Waals surface area contributed by atoms with Crippen LogP contribution in [0.4, 0.5) is 0 Å². The second-order valence-electron chi connectivity index (χ2n) is 5.94. The van der Waals surface area contributed by atoms with Gasteiger partial charge < -0.3 is 0 Å². The summed E-state index contributed by atoms with van der Waals surface area (Å²) in [4.78, 5) is 11.9. The third-order valence-electron chi connectivity index (χ3n) is 4.55. The van der Waals surface area contributed by atoms with Gasteiger partial charge in [-0.1, -0.05) is 57.8 Å². The fourth-order valence-electron chi connectivity index (χ4n) is 3.48. The van der Waals surface area contributed by atoms with Crippen LogP contribution in [0.5, 0.6) is 0 Å². The van der Waals surface area contributed by atoms with Gasteiger partial charge in [-0.15, -0.1) is 0 Å². The van der Waals surface area contributed by atoms with Gasteiger partial charge in [0.2, 0.25) is 0 Å². The standard InChI is InChI=1S/C15H26O/c16-15(11-10-13-6-4-5-7-13)12-14-8-2-1-3-9-14/h13-14H,1-12H2. The van der Waals surface area contributed by atoms with E-state index in [2.05, 4.69) is 0 Å². The van der Waals surface area contributed by atoms with E-state index >= 15 is 0 Å². The largest absolute Gasteiger partial charge is 0.300 e. The molecule has 0 aromatic carbocycles. The highest BCUT2D eigenvalue weighted by atomic mass is 16.1. The van der Waals surface area contributed by atoms with Gasteiger partial charge in [0.25, 0.3) is 0 Å². The lowest BCUT2D eigenvalue weighted by Gasteiger charge is -2.20. The zero-order chi connectivity index (χ0) is 11.2. The van der Waals surface area contributed by atoms with Gasteiger partial charge >= 0.3 is 0 Å². The van der Waals surface area contributed by atoms with Crippen molar-refractivity contribution >= 4 is 5.78 Å². The highest BCUT2D eigenvalue weighted by Gasteiger charge is 2.19. The van der Waals surface area contributed by atoms with Crippen LogP contribution in [-0.2, 0) is 4.79 Å². The van der Waals surface area contributed by atoms with Gasteiger partial charge in [-0.25, -0.2) is 0 Å². The fourth-order valence-corrected chi connectivity index (χ4v) is 3.48. The van der Waals surface area contributed by atoms with Gasteiger partial charge in [0, 0.05) is 12.8 Å². The van der Waals surface area contributed by atoms with E-state index in [1.165, 1.54) is 64.2 Å². The van der Waals surface area contributed by atoms with Gasteiger partial charge in [0.15, 0.2) is 0 Å². The molecule has 0 unspecified atom stereocenters. The Kier molecular flexibility index (Phi) is 4.87. The molecule has 0 bridgehead atoms. The van der Waals surface area contributed by atoms with Crippen LogP contribution in [0.3, 0.4) is 0 Å². The monoisotopic (exact) mass is 222 g/mol. The molecule has 0 aromatic heterocycles. The van der Waals surface area contributed by atoms with Crippen LogP contribution in [0.2, 0.25) is 0 Å². The Balaban J connectivity index is 1.59. The number of carbonyl (C=O) groups excluding carboxylic acids is 1. The smallest absolute Gasteiger partial charge is 0.133 e. The van der Waals surface area contributed by atoms with Crippen molar-refractivity contribution < 1.29 is 4.79 Å². The molecule has 2 aliphatic rings. The minimum Gasteiger partial charge on any atom is -0.300 e. The summed E-state index contributed by atoms with van der Waals surface area (Å²) in [7, 11) is 0. The molecule has 2 fully saturated rings. The lowest BCUT2D eigenvalue weighted by molar-refractivity contribution is -0.120. The second kappa shape index (κ2) is 6.42. The second-order valence-corrected chi connectivity index (χ2v) is 5.94. The van der Waals surface area contributed by atoms with Crippen LogP contribution in [0.1, 0.15) is 77.0 Å². The van der Waals surface area contributed by atoms with E-state index in [9.17, 15) is 4.79 Å². The van der Waals surface area contributed by atoms with Gasteiger partial charge in [-0.2, -0.15) is 0 Å². The molecule has 0 atom stereocenters. The third kappa shape index (κ3) is 3.92. The molecule has 92 valence electrons. The normalized spacial score (nSPS) is 23.8. The Labute approximate surface area is 100.0 Å². The molecule has 1 nitrogen and oxygen atoms in total. The van der Waals surface area contributed by atoms with Crippen LogP contribution in [-0.4, -0.2) is 5.78 Å². The van der Waals surface area contributed by atoms with Crippen molar-refractivity contribution in [2.24, 2.45) is 11.8 Å². The summed E-state index contributed by atoms with van der Waals surface area (Å²) in [5, 5.41) is 0. The third-order valence-corrected chi connectivity index (χ3v) is 4.55. The lowest BCUT2D eigenvalue weighted by atomic mass is 9.85. The molecule has 0 radical (unpaired) electrons. The van der Waals surface area contributed by atoms with Crippen LogP contribution >= 0.6 is 0 Å². The first kappa shape index (κ1) is 12.1. The number of carbonyl (C=O) groups is 1. The Morgan fingerprint density at radius 3 is 2.06 bits per heavy atom. The zero-order valence-electron chi connectivity index (χ0n) is 10.5. The van der Waals surface area contributed by atoms with Gasteiger partial charge in [-0.3, -0.25) is 4.79 Å². The summed E-state index contributed by atoms with van der Waals surface area (Å²) in [6.45, 7) is 0. The molecule has 0 saturated heterocycles. The molecule has 0 amide bonds. The maximum Gasteiger partial charge on any atom is 0.133 e. The minimum atomic E-state index is 0.554. The van der Waals surface area contributed by atoms with E-state index in [-0.39, 0.29) is 0 Å². The summed E-state index contributed by atoms with van der Waals surface area (Å²) < 4.78 is 0. The minimum absolute atomic E-state index is 0.554. The summed E-state index contributed by atoms with van der Waals surface area (Å²) in [6.07, 6.45) is 15.3. The Hall–Kier alpha value is -0.330. The van der Waals surface area contributed by atoms with Crippen LogP contribution in [0.25, 0.3) is 0 Å². The highest BCUT2D eigenvalue weighted by Crippen LogP contribution is 2.30. The summed E-state index contributed by atoms with van der Waals surface area (Å²) in [6, 6.07) is 0. The molecule has 0 aromatic rings. The van der Waals surface area contributed by atoms with Crippen molar-refractivity contribution in [1.29, 1.82) is 0 Å². The maximum atomic E-state index is 11.9. The number of rotatable bonds is 5. The first-order valence-corrected chi connectivity index (χ1v) is 7.36. The van der Waals surface area contributed by atoms with E-state index in [1.807, 2.05) is 0 Å². The van der Waals surface area contributed by atoms with Crippen LogP contribution in [0, 0.1) is 11.8 Å². The number of hydrogen-bond donors (Lipinski definition) is 0. The Morgan fingerprint density at radius 2 is 1.38 bits per heavy atom. The quantitative estimate of drug-likeness (QED) is 0.669. The highest BCUT2D eigenvalue weighted by molar-refractivity contribution is 5.78. The van der Waals surface area contributed by atoms with Crippen molar-refractivity contribution in [3.05, 3.63) is 0 Å². The molecule has 2 aliphatic carbocycles. The molecular weight excluding hydrogens is 196 g/mol. The van der Waals surface area contributed by atoms with Crippen LogP contribution < -0.4 is 0 Å². The molecule has 2 rings (SSSR count). The average Bonchev–Trinajstić information content (AvgIpc) is 2.81. The molecule has 0 heterocycles. The maximum absolute atomic E-state index is 11.9. The summed E-state index contributed by atoms with van der Waals surface area (Å²) >= 11 is 0. The van der Waals surface area contributed by atoms with E-state index < -0.39 is 0 Å². The molecule has 1 heteroatoms. The number of ketones is 1. The molecule has 2 saturated carbocycles. The first-order valence-electron chi connectivity index (χ1n) is 7.36. The summed E-state index contributed by atoms with van der Waals surface area (Å²) in [5.74, 6) is 2.18. The number of Topliss-reactive ketones (excluding diaryl/α,β-unsaturated/α-hetero) is 1. The SMILES string of the molecule is O=C(CCC1CCCC1)CC1CCCCC1.